The van der Waals surface area contributed by atoms with E-state index in [2.05, 4.69) is 5.29 Å². The van der Waals surface area contributed by atoms with Gasteiger partial charge in [-0.15, -0.1) is 4.91 Å². The van der Waals surface area contributed by atoms with Crippen LogP contribution in [0.5, 0.6) is 0 Å². The molecule has 0 radical (unpaired) electrons. The molecule has 8 heteroatoms. The Kier molecular flexibility index (Phi) is 4.38. The largest absolute Gasteiger partial charge is 0.478 e. The molecule has 0 aliphatic carbocycles. The van der Waals surface area contributed by atoms with E-state index >= 15 is 0 Å². The van der Waals surface area contributed by atoms with Crippen LogP contribution in [0.25, 0.3) is 0 Å². The number of hydrogen-bond acceptors (Lipinski definition) is 5. The van der Waals surface area contributed by atoms with Crippen molar-refractivity contribution in [2.45, 2.75) is 18.2 Å². The zero-order valence-electron chi connectivity index (χ0n) is 9.61. The maximum absolute atomic E-state index is 11.9. The van der Waals surface area contributed by atoms with Gasteiger partial charge in [0.15, 0.2) is 0 Å². The topological polar surface area (TPSA) is 104 Å². The van der Waals surface area contributed by atoms with Gasteiger partial charge in [-0.1, -0.05) is 6.92 Å². The lowest BCUT2D eigenvalue weighted by atomic mass is 10.2. The third-order valence-corrected chi connectivity index (χ3v) is 3.85. The number of nitroso groups, excluding NO2 is 1. The highest BCUT2D eigenvalue weighted by molar-refractivity contribution is 7.89. The molecule has 0 aliphatic rings. The lowest BCUT2D eigenvalue weighted by molar-refractivity contribution is 0.0696. The van der Waals surface area contributed by atoms with Crippen LogP contribution in [0.15, 0.2) is 34.4 Å². The van der Waals surface area contributed by atoms with Crippen LogP contribution in [0.4, 0.5) is 0 Å². The molecule has 1 aromatic carbocycles. The second-order valence-electron chi connectivity index (χ2n) is 3.46. The number of aromatic carboxylic acids is 1. The highest BCUT2D eigenvalue weighted by atomic mass is 32.2. The van der Waals surface area contributed by atoms with Crippen molar-refractivity contribution < 1.29 is 18.3 Å². The van der Waals surface area contributed by atoms with Crippen LogP contribution in [0.3, 0.4) is 0 Å². The number of sulfonamides is 1. The van der Waals surface area contributed by atoms with E-state index in [0.717, 1.165) is 24.3 Å². The molecule has 0 aromatic heterocycles. The van der Waals surface area contributed by atoms with Gasteiger partial charge >= 0.3 is 5.97 Å². The van der Waals surface area contributed by atoms with Crippen molar-refractivity contribution in [1.29, 1.82) is 0 Å². The molecule has 1 aromatic rings. The fourth-order valence-electron chi connectivity index (χ4n) is 1.29. The molecule has 98 valence electrons. The molecule has 7 nitrogen and oxygen atoms in total. The summed E-state index contributed by atoms with van der Waals surface area (Å²) in [7, 11) is -3.99. The van der Waals surface area contributed by atoms with Crippen LogP contribution in [0.1, 0.15) is 23.7 Å². The number of nitrogens with zero attached hydrogens (tertiary/aromatic N) is 2. The minimum atomic E-state index is -3.99. The Morgan fingerprint density at radius 3 is 2.28 bits per heavy atom. The van der Waals surface area contributed by atoms with Crippen LogP contribution in [-0.4, -0.2) is 30.5 Å². The monoisotopic (exact) mass is 272 g/mol. The average molecular weight is 272 g/mol. The molecular weight excluding hydrogens is 260 g/mol. The Morgan fingerprint density at radius 1 is 1.33 bits per heavy atom. The lowest BCUT2D eigenvalue weighted by Crippen LogP contribution is -2.26. The minimum absolute atomic E-state index is 0.0213. The normalized spacial score (nSPS) is 10.9. The van der Waals surface area contributed by atoms with Crippen LogP contribution in [-0.2, 0) is 10.0 Å². The molecule has 18 heavy (non-hydrogen) atoms. The van der Waals surface area contributed by atoms with Gasteiger partial charge in [0.2, 0.25) is 0 Å². The van der Waals surface area contributed by atoms with E-state index in [9.17, 15) is 18.1 Å². The first-order valence-electron chi connectivity index (χ1n) is 5.13. The number of benzene rings is 1. The molecule has 0 saturated heterocycles. The van der Waals surface area contributed by atoms with Crippen molar-refractivity contribution in [2.75, 3.05) is 6.54 Å². The molecule has 0 aliphatic heterocycles. The van der Waals surface area contributed by atoms with Crippen molar-refractivity contribution in [2.24, 2.45) is 5.29 Å². The summed E-state index contributed by atoms with van der Waals surface area (Å²) in [4.78, 5) is 21.0. The van der Waals surface area contributed by atoms with E-state index in [1.165, 1.54) is 0 Å². The number of carboxylic acid groups (broad SMARTS) is 1. The maximum Gasteiger partial charge on any atom is 0.335 e. The minimum Gasteiger partial charge on any atom is -0.478 e. The fourth-order valence-corrected chi connectivity index (χ4v) is 2.52. The zero-order valence-corrected chi connectivity index (χ0v) is 10.4. The number of rotatable bonds is 6. The van der Waals surface area contributed by atoms with Crippen LogP contribution >= 0.6 is 0 Å². The van der Waals surface area contributed by atoms with E-state index in [1.807, 2.05) is 0 Å². The molecule has 0 spiro atoms. The summed E-state index contributed by atoms with van der Waals surface area (Å²) in [5.74, 6) is -1.15. The number of carbonyl (C=O) groups is 1. The molecule has 0 unspecified atom stereocenters. The van der Waals surface area contributed by atoms with Crippen molar-refractivity contribution >= 4 is 16.0 Å². The van der Waals surface area contributed by atoms with Gasteiger partial charge in [0, 0.05) is 0 Å². The fraction of sp³-hybridized carbons (Fsp3) is 0.300. The molecule has 0 bridgehead atoms. The zero-order chi connectivity index (χ0) is 13.8. The van der Waals surface area contributed by atoms with Gasteiger partial charge in [0.25, 0.3) is 10.0 Å². The summed E-state index contributed by atoms with van der Waals surface area (Å²) in [6.45, 7) is 1.69. The predicted molar refractivity (Wildman–Crippen MR) is 63.4 cm³/mol. The van der Waals surface area contributed by atoms with Crippen LogP contribution < -0.4 is 0 Å². The second kappa shape index (κ2) is 5.58. The van der Waals surface area contributed by atoms with Crippen molar-refractivity contribution in [3.05, 3.63) is 34.7 Å². The summed E-state index contributed by atoms with van der Waals surface area (Å²) in [5.41, 5.74) is -0.0324. The van der Waals surface area contributed by atoms with E-state index in [1.54, 1.807) is 6.92 Å². The Balaban J connectivity index is 3.12. The standard InChI is InChI=1S/C10H12N2O5S/c1-2-7-12(11-15)18(16,17)9-5-3-8(4-6-9)10(13)14/h3-6H,2,7H2,1H3,(H,13,14). The summed E-state index contributed by atoms with van der Waals surface area (Å²) < 4.78 is 24.3. The molecule has 0 fully saturated rings. The van der Waals surface area contributed by atoms with Gasteiger partial charge in [-0.25, -0.2) is 4.79 Å². The van der Waals surface area contributed by atoms with E-state index in [-0.39, 0.29) is 17.0 Å². The van der Waals surface area contributed by atoms with E-state index < -0.39 is 16.0 Å². The van der Waals surface area contributed by atoms with Gasteiger partial charge in [-0.2, -0.15) is 12.8 Å². The van der Waals surface area contributed by atoms with Crippen LogP contribution in [0, 0.1) is 4.91 Å². The lowest BCUT2D eigenvalue weighted by Gasteiger charge is -2.14. The van der Waals surface area contributed by atoms with Gasteiger partial charge in [0.1, 0.15) is 0 Å². The van der Waals surface area contributed by atoms with Crippen molar-refractivity contribution in [3.8, 4) is 0 Å². The predicted octanol–water partition coefficient (Wildman–Crippen LogP) is 1.47. The Bertz CT molecular complexity index is 538. The smallest absolute Gasteiger partial charge is 0.335 e. The molecular formula is C10H12N2O5S. The van der Waals surface area contributed by atoms with Gasteiger partial charge in [-0.05, 0) is 30.7 Å². The van der Waals surface area contributed by atoms with Gasteiger partial charge in [0.05, 0.1) is 22.3 Å². The highest BCUT2D eigenvalue weighted by Gasteiger charge is 2.23. The summed E-state index contributed by atoms with van der Waals surface area (Å²) >= 11 is 0. The third kappa shape index (κ3) is 2.83. The maximum atomic E-state index is 11.9. The molecule has 0 saturated carbocycles. The van der Waals surface area contributed by atoms with Gasteiger partial charge < -0.3 is 5.11 Å². The summed E-state index contributed by atoms with van der Waals surface area (Å²) in [5, 5.41) is 11.2. The number of carboxylic acids is 1. The molecule has 1 N–H and O–H groups in total. The SMILES string of the molecule is CCCN(N=O)S(=O)(=O)c1ccc(C(=O)O)cc1. The quantitative estimate of drug-likeness (QED) is 0.623. The molecule has 0 atom stereocenters. The first-order valence-corrected chi connectivity index (χ1v) is 6.57. The van der Waals surface area contributed by atoms with E-state index in [4.69, 9.17) is 5.11 Å². The van der Waals surface area contributed by atoms with Crippen LogP contribution in [0.2, 0.25) is 0 Å². The van der Waals surface area contributed by atoms with Gasteiger partial charge in [-0.3, -0.25) is 0 Å². The number of hydrogen-bond donors (Lipinski definition) is 1. The Hall–Kier alpha value is -1.96. The van der Waals surface area contributed by atoms with E-state index in [0.29, 0.717) is 10.8 Å². The average Bonchev–Trinajstić information content (AvgIpc) is 2.35. The summed E-state index contributed by atoms with van der Waals surface area (Å²) in [6.07, 6.45) is 0.443. The molecule has 0 amide bonds. The third-order valence-electron chi connectivity index (χ3n) is 2.18. The Labute approximate surface area is 104 Å². The summed E-state index contributed by atoms with van der Waals surface area (Å²) in [6, 6.07) is 4.58. The molecule has 1 rings (SSSR count). The molecule has 0 heterocycles. The highest BCUT2D eigenvalue weighted by Crippen LogP contribution is 2.17. The first kappa shape index (κ1) is 14.1. The van der Waals surface area contributed by atoms with Crippen molar-refractivity contribution in [1.82, 2.24) is 4.41 Å². The Morgan fingerprint density at radius 2 is 1.89 bits per heavy atom. The van der Waals surface area contributed by atoms with Crippen molar-refractivity contribution in [3.63, 3.8) is 0 Å². The first-order chi connectivity index (χ1) is 8.43. The second-order valence-corrected chi connectivity index (χ2v) is 5.31.